The number of amides is 1. The minimum atomic E-state index is -0.664. The average Bonchev–Trinajstić information content (AvgIpc) is 2.74. The van der Waals surface area contributed by atoms with Crippen molar-refractivity contribution in [1.82, 2.24) is 5.32 Å². The first-order valence-electron chi connectivity index (χ1n) is 6.26. The van der Waals surface area contributed by atoms with Crippen LogP contribution in [0.3, 0.4) is 0 Å². The number of hydrogen-bond donors (Lipinski definition) is 1. The van der Waals surface area contributed by atoms with E-state index in [-0.39, 0.29) is 11.3 Å². The van der Waals surface area contributed by atoms with Crippen LogP contribution in [0.1, 0.15) is 59.3 Å². The van der Waals surface area contributed by atoms with Crippen molar-refractivity contribution in [3.05, 3.63) is 0 Å². The summed E-state index contributed by atoms with van der Waals surface area (Å²) in [5.74, 6) is 0.0650. The lowest BCUT2D eigenvalue weighted by Crippen LogP contribution is -2.51. The van der Waals surface area contributed by atoms with Crippen molar-refractivity contribution in [2.24, 2.45) is 5.41 Å². The van der Waals surface area contributed by atoms with Crippen LogP contribution in [0.15, 0.2) is 0 Å². The molecule has 90 valence electrons. The lowest BCUT2D eigenvalue weighted by molar-refractivity contribution is -0.131. The van der Waals surface area contributed by atoms with Crippen LogP contribution in [0.2, 0.25) is 0 Å². The molecule has 1 aliphatic carbocycles. The van der Waals surface area contributed by atoms with E-state index in [1.54, 1.807) is 0 Å². The van der Waals surface area contributed by atoms with Gasteiger partial charge in [-0.05, 0) is 25.7 Å². The standard InChI is InChI=1S/C13H22N2O/c1-4-13(5-2,10-14)15-11(16)12(3)8-6-7-9-12/h4-9H2,1-3H3,(H,15,16). The number of hydrogen-bond acceptors (Lipinski definition) is 2. The van der Waals surface area contributed by atoms with Crippen molar-refractivity contribution in [2.45, 2.75) is 64.8 Å². The Labute approximate surface area is 98.2 Å². The second-order valence-electron chi connectivity index (χ2n) is 5.12. The number of carbonyl (C=O) groups is 1. The van der Waals surface area contributed by atoms with E-state index in [1.807, 2.05) is 20.8 Å². The van der Waals surface area contributed by atoms with Gasteiger partial charge in [-0.25, -0.2) is 0 Å². The Morgan fingerprint density at radius 2 is 1.88 bits per heavy atom. The van der Waals surface area contributed by atoms with Gasteiger partial charge in [-0.1, -0.05) is 33.6 Å². The highest BCUT2D eigenvalue weighted by atomic mass is 16.2. The molecule has 1 rings (SSSR count). The Bertz CT molecular complexity index is 294. The summed E-state index contributed by atoms with van der Waals surface area (Å²) in [6.07, 6.45) is 5.49. The van der Waals surface area contributed by atoms with E-state index in [1.165, 1.54) is 0 Å². The van der Waals surface area contributed by atoms with Crippen molar-refractivity contribution in [2.75, 3.05) is 0 Å². The molecular formula is C13H22N2O. The summed E-state index contributed by atoms with van der Waals surface area (Å²) in [5, 5.41) is 12.1. The Morgan fingerprint density at radius 3 is 2.25 bits per heavy atom. The molecule has 1 saturated carbocycles. The topological polar surface area (TPSA) is 52.9 Å². The molecule has 1 aliphatic rings. The SMILES string of the molecule is CCC(C#N)(CC)NC(=O)C1(C)CCCC1. The van der Waals surface area contributed by atoms with E-state index >= 15 is 0 Å². The summed E-state index contributed by atoms with van der Waals surface area (Å²) < 4.78 is 0. The van der Waals surface area contributed by atoms with E-state index in [0.29, 0.717) is 12.8 Å². The maximum absolute atomic E-state index is 12.2. The molecule has 0 radical (unpaired) electrons. The highest BCUT2D eigenvalue weighted by Crippen LogP contribution is 2.38. The fourth-order valence-corrected chi connectivity index (χ4v) is 2.36. The molecular weight excluding hydrogens is 200 g/mol. The fraction of sp³-hybridized carbons (Fsp3) is 0.846. The monoisotopic (exact) mass is 222 g/mol. The Hall–Kier alpha value is -1.04. The molecule has 0 atom stereocenters. The van der Waals surface area contributed by atoms with Crippen molar-refractivity contribution in [1.29, 1.82) is 5.26 Å². The zero-order chi connectivity index (χ0) is 12.2. The van der Waals surface area contributed by atoms with Crippen molar-refractivity contribution in [3.8, 4) is 6.07 Å². The third-order valence-electron chi connectivity index (χ3n) is 4.03. The average molecular weight is 222 g/mol. The first kappa shape index (κ1) is 13.0. The van der Waals surface area contributed by atoms with Gasteiger partial charge in [-0.15, -0.1) is 0 Å². The second kappa shape index (κ2) is 4.86. The Morgan fingerprint density at radius 1 is 1.38 bits per heavy atom. The Kier molecular flexibility index (Phi) is 3.96. The number of nitrogens with zero attached hydrogens (tertiary/aromatic N) is 1. The van der Waals surface area contributed by atoms with E-state index in [9.17, 15) is 10.1 Å². The maximum Gasteiger partial charge on any atom is 0.227 e. The van der Waals surface area contributed by atoms with Crippen LogP contribution >= 0.6 is 0 Å². The highest BCUT2D eigenvalue weighted by molar-refractivity contribution is 5.83. The summed E-state index contributed by atoms with van der Waals surface area (Å²) in [6.45, 7) is 5.91. The number of nitriles is 1. The molecule has 0 aliphatic heterocycles. The van der Waals surface area contributed by atoms with Crippen LogP contribution < -0.4 is 5.32 Å². The van der Waals surface area contributed by atoms with Gasteiger partial charge in [0.2, 0.25) is 5.91 Å². The van der Waals surface area contributed by atoms with Crippen LogP contribution in [0.5, 0.6) is 0 Å². The maximum atomic E-state index is 12.2. The largest absolute Gasteiger partial charge is 0.337 e. The van der Waals surface area contributed by atoms with E-state index in [2.05, 4.69) is 11.4 Å². The van der Waals surface area contributed by atoms with Crippen molar-refractivity contribution >= 4 is 5.91 Å². The second-order valence-corrected chi connectivity index (χ2v) is 5.12. The molecule has 16 heavy (non-hydrogen) atoms. The molecule has 0 aromatic heterocycles. The molecule has 0 spiro atoms. The summed E-state index contributed by atoms with van der Waals surface area (Å²) in [4.78, 5) is 12.2. The van der Waals surface area contributed by atoms with Crippen LogP contribution in [0, 0.1) is 16.7 Å². The van der Waals surface area contributed by atoms with Gasteiger partial charge in [-0.3, -0.25) is 4.79 Å². The Balaban J connectivity index is 2.73. The van der Waals surface area contributed by atoms with Crippen LogP contribution in [-0.4, -0.2) is 11.4 Å². The molecule has 0 unspecified atom stereocenters. The predicted octanol–water partition coefficient (Wildman–Crippen LogP) is 2.77. The van der Waals surface area contributed by atoms with Crippen LogP contribution in [0.4, 0.5) is 0 Å². The van der Waals surface area contributed by atoms with Gasteiger partial charge in [0.25, 0.3) is 0 Å². The summed E-state index contributed by atoms with van der Waals surface area (Å²) in [7, 11) is 0. The minimum absolute atomic E-state index is 0.0650. The molecule has 0 aromatic rings. The first-order valence-corrected chi connectivity index (χ1v) is 6.26. The molecule has 0 aromatic carbocycles. The molecule has 3 heteroatoms. The molecule has 0 saturated heterocycles. The zero-order valence-electron chi connectivity index (χ0n) is 10.6. The lowest BCUT2D eigenvalue weighted by atomic mass is 9.85. The summed E-state index contributed by atoms with van der Waals surface area (Å²) in [6, 6.07) is 2.25. The quantitative estimate of drug-likeness (QED) is 0.795. The first-order chi connectivity index (χ1) is 7.52. The van der Waals surface area contributed by atoms with E-state index in [0.717, 1.165) is 25.7 Å². The number of rotatable bonds is 4. The molecule has 0 bridgehead atoms. The van der Waals surface area contributed by atoms with E-state index in [4.69, 9.17) is 0 Å². The lowest BCUT2D eigenvalue weighted by Gasteiger charge is -2.31. The molecule has 1 amide bonds. The van der Waals surface area contributed by atoms with Gasteiger partial charge >= 0.3 is 0 Å². The highest BCUT2D eigenvalue weighted by Gasteiger charge is 2.40. The van der Waals surface area contributed by atoms with Crippen LogP contribution in [-0.2, 0) is 4.79 Å². The van der Waals surface area contributed by atoms with E-state index < -0.39 is 5.54 Å². The number of nitrogens with one attached hydrogen (secondary N) is 1. The third kappa shape index (κ3) is 2.37. The predicted molar refractivity (Wildman–Crippen MR) is 63.6 cm³/mol. The minimum Gasteiger partial charge on any atom is -0.337 e. The van der Waals surface area contributed by atoms with Crippen molar-refractivity contribution in [3.63, 3.8) is 0 Å². The third-order valence-corrected chi connectivity index (χ3v) is 4.03. The van der Waals surface area contributed by atoms with Gasteiger partial charge in [0.05, 0.1) is 6.07 Å². The van der Waals surface area contributed by atoms with Gasteiger partial charge in [0, 0.05) is 5.41 Å². The van der Waals surface area contributed by atoms with Gasteiger partial charge < -0.3 is 5.32 Å². The summed E-state index contributed by atoms with van der Waals surface area (Å²) >= 11 is 0. The molecule has 1 fully saturated rings. The molecule has 0 heterocycles. The van der Waals surface area contributed by atoms with Crippen molar-refractivity contribution < 1.29 is 4.79 Å². The summed E-state index contributed by atoms with van der Waals surface area (Å²) in [5.41, 5.74) is -0.908. The van der Waals surface area contributed by atoms with Gasteiger partial charge in [-0.2, -0.15) is 5.26 Å². The molecule has 1 N–H and O–H groups in total. The van der Waals surface area contributed by atoms with Gasteiger partial charge in [0.1, 0.15) is 5.54 Å². The molecule has 3 nitrogen and oxygen atoms in total. The smallest absolute Gasteiger partial charge is 0.227 e. The van der Waals surface area contributed by atoms with Crippen LogP contribution in [0.25, 0.3) is 0 Å². The fourth-order valence-electron chi connectivity index (χ4n) is 2.36. The number of carbonyl (C=O) groups excluding carboxylic acids is 1. The van der Waals surface area contributed by atoms with Gasteiger partial charge in [0.15, 0.2) is 0 Å². The zero-order valence-corrected chi connectivity index (χ0v) is 10.6. The normalized spacial score (nSPS) is 19.1.